The van der Waals surface area contributed by atoms with Crippen LogP contribution in [-0.2, 0) is 0 Å². The summed E-state index contributed by atoms with van der Waals surface area (Å²) in [6.07, 6.45) is 12.3. The molecule has 3 N–H and O–H groups in total. The molecule has 4 rings (SSSR count). The van der Waals surface area contributed by atoms with Crippen LogP contribution >= 0.6 is 0 Å². The molecule has 3 nitrogen and oxygen atoms in total. The van der Waals surface area contributed by atoms with Crippen molar-refractivity contribution in [3.63, 3.8) is 0 Å². The van der Waals surface area contributed by atoms with Gasteiger partial charge < -0.3 is 15.3 Å². The van der Waals surface area contributed by atoms with Gasteiger partial charge in [0.25, 0.3) is 0 Å². The Hall–Kier alpha value is -0.380. The van der Waals surface area contributed by atoms with E-state index in [0.29, 0.717) is 30.1 Å². The Morgan fingerprint density at radius 2 is 1.90 bits per heavy atom. The number of allylic oxidation sites excluding steroid dienone is 1. The zero-order valence-electron chi connectivity index (χ0n) is 19.1. The predicted octanol–water partition coefficient (Wildman–Crippen LogP) is 5.08. The van der Waals surface area contributed by atoms with Gasteiger partial charge >= 0.3 is 0 Å². The van der Waals surface area contributed by atoms with E-state index in [-0.39, 0.29) is 11.5 Å². The van der Waals surface area contributed by atoms with E-state index in [1.165, 1.54) is 32.1 Å². The van der Waals surface area contributed by atoms with E-state index in [9.17, 15) is 15.3 Å². The molecule has 29 heavy (non-hydrogen) atoms. The molecule has 0 amide bonds. The summed E-state index contributed by atoms with van der Waals surface area (Å²) in [7, 11) is 0. The second-order valence-electron chi connectivity index (χ2n) is 12.0. The van der Waals surface area contributed by atoms with Crippen LogP contribution in [-0.4, -0.2) is 33.1 Å². The van der Waals surface area contributed by atoms with E-state index >= 15 is 0 Å². The van der Waals surface area contributed by atoms with Gasteiger partial charge in [-0.1, -0.05) is 32.4 Å². The summed E-state index contributed by atoms with van der Waals surface area (Å²) >= 11 is 0. The first-order chi connectivity index (χ1) is 13.6. The van der Waals surface area contributed by atoms with Crippen LogP contribution in [0.3, 0.4) is 0 Å². The molecule has 0 aromatic heterocycles. The third kappa shape index (κ3) is 3.96. The van der Waals surface area contributed by atoms with Crippen molar-refractivity contribution in [1.82, 2.24) is 0 Å². The third-order valence-electron chi connectivity index (χ3n) is 9.56. The van der Waals surface area contributed by atoms with E-state index in [1.807, 2.05) is 6.92 Å². The molecule has 4 aliphatic carbocycles. The van der Waals surface area contributed by atoms with E-state index in [2.05, 4.69) is 26.8 Å². The predicted molar refractivity (Wildman–Crippen MR) is 117 cm³/mol. The van der Waals surface area contributed by atoms with E-state index in [0.717, 1.165) is 37.5 Å². The highest BCUT2D eigenvalue weighted by atomic mass is 16.3. The Labute approximate surface area is 178 Å². The maximum Gasteiger partial charge on any atom is 0.0677 e. The number of aliphatic hydroxyl groups is 3. The summed E-state index contributed by atoms with van der Waals surface area (Å²) in [5.74, 6) is 3.69. The van der Waals surface area contributed by atoms with Crippen LogP contribution in [0.5, 0.6) is 0 Å². The lowest BCUT2D eigenvalue weighted by Gasteiger charge is -2.55. The van der Waals surface area contributed by atoms with Crippen molar-refractivity contribution in [2.24, 2.45) is 40.9 Å². The first-order valence-corrected chi connectivity index (χ1v) is 12.4. The number of hydrogen-bond donors (Lipinski definition) is 3. The number of fused-ring (bicyclic) bond motifs is 5. The summed E-state index contributed by atoms with van der Waals surface area (Å²) in [5, 5.41) is 32.2. The van der Waals surface area contributed by atoms with Gasteiger partial charge in [0.05, 0.1) is 17.8 Å². The van der Waals surface area contributed by atoms with Gasteiger partial charge in [0.1, 0.15) is 0 Å². The molecule has 3 fully saturated rings. The fraction of sp³-hybridized carbons (Fsp3) is 0.923. The molecule has 0 aliphatic heterocycles. The van der Waals surface area contributed by atoms with Crippen LogP contribution in [0.1, 0.15) is 91.9 Å². The van der Waals surface area contributed by atoms with Crippen molar-refractivity contribution in [2.75, 3.05) is 0 Å². The molecule has 166 valence electrons. The van der Waals surface area contributed by atoms with Crippen molar-refractivity contribution in [2.45, 2.75) is 110 Å². The molecule has 3 saturated carbocycles. The largest absolute Gasteiger partial charge is 0.393 e. The fourth-order valence-electron chi connectivity index (χ4n) is 8.52. The molecule has 0 saturated heterocycles. The Bertz CT molecular complexity index is 623. The highest BCUT2D eigenvalue weighted by Crippen LogP contribution is 2.65. The van der Waals surface area contributed by atoms with Gasteiger partial charge in [0.15, 0.2) is 0 Å². The first kappa shape index (κ1) is 21.8. The lowest BCUT2D eigenvalue weighted by atomic mass is 9.50. The lowest BCUT2D eigenvalue weighted by Crippen LogP contribution is -2.51. The van der Waals surface area contributed by atoms with Crippen LogP contribution < -0.4 is 0 Å². The van der Waals surface area contributed by atoms with Gasteiger partial charge in [-0.15, -0.1) is 0 Å². The zero-order valence-corrected chi connectivity index (χ0v) is 19.1. The first-order valence-electron chi connectivity index (χ1n) is 12.4. The molecule has 0 aromatic rings. The summed E-state index contributed by atoms with van der Waals surface area (Å²) in [5.41, 5.74) is 0.962. The zero-order chi connectivity index (χ0) is 21.0. The minimum Gasteiger partial charge on any atom is -0.393 e. The summed E-state index contributed by atoms with van der Waals surface area (Å²) < 4.78 is 0. The Morgan fingerprint density at radius 3 is 2.62 bits per heavy atom. The molecule has 4 aliphatic rings. The molecule has 9 atom stereocenters. The summed E-state index contributed by atoms with van der Waals surface area (Å²) in [4.78, 5) is 0. The standard InChI is InChI=1S/C26H44O3/c1-16(2)13-19(28)15-26(4,29)24-10-9-23-22-7-5-17-14-18(27)6-8-20(17)21(22)11-12-25(23,24)3/h5,16,18-24,27-29H,6-15H2,1-4H3/t18-,19?,20?,21?,22?,23+,24+,25+,26+/m1/s1. The third-order valence-corrected chi connectivity index (χ3v) is 9.56. The highest BCUT2D eigenvalue weighted by Gasteiger charge is 2.59. The Balaban J connectivity index is 1.50. The molecular formula is C26H44O3. The SMILES string of the molecule is CC(C)CC(O)C[C@](C)(O)[C@H]1CC[C@H]2C3CC=C4C[C@H](O)CCC4C3CC[C@@]21C. The van der Waals surface area contributed by atoms with Crippen LogP contribution in [0.4, 0.5) is 0 Å². The van der Waals surface area contributed by atoms with Crippen molar-refractivity contribution in [1.29, 1.82) is 0 Å². The average Bonchev–Trinajstić information content (AvgIpc) is 2.98. The average molecular weight is 405 g/mol. The van der Waals surface area contributed by atoms with Crippen LogP contribution in [0, 0.1) is 40.9 Å². The van der Waals surface area contributed by atoms with Gasteiger partial charge in [0.2, 0.25) is 0 Å². The number of hydrogen-bond acceptors (Lipinski definition) is 3. The second-order valence-corrected chi connectivity index (χ2v) is 12.0. The summed E-state index contributed by atoms with van der Waals surface area (Å²) in [6.45, 7) is 8.74. The van der Waals surface area contributed by atoms with Crippen LogP contribution in [0.25, 0.3) is 0 Å². The molecule has 0 bridgehead atoms. The maximum atomic E-state index is 11.5. The van der Waals surface area contributed by atoms with Crippen LogP contribution in [0.15, 0.2) is 11.6 Å². The van der Waals surface area contributed by atoms with Gasteiger partial charge in [-0.3, -0.25) is 0 Å². The van der Waals surface area contributed by atoms with Gasteiger partial charge in [-0.25, -0.2) is 0 Å². The molecule has 3 heteroatoms. The van der Waals surface area contributed by atoms with E-state index < -0.39 is 11.7 Å². The summed E-state index contributed by atoms with van der Waals surface area (Å²) in [6, 6.07) is 0. The molecule has 4 unspecified atom stereocenters. The van der Waals surface area contributed by atoms with Crippen molar-refractivity contribution in [3.05, 3.63) is 11.6 Å². The van der Waals surface area contributed by atoms with E-state index in [1.54, 1.807) is 5.57 Å². The van der Waals surface area contributed by atoms with Gasteiger partial charge in [-0.2, -0.15) is 0 Å². The maximum absolute atomic E-state index is 11.5. The smallest absolute Gasteiger partial charge is 0.0677 e. The van der Waals surface area contributed by atoms with Crippen LogP contribution in [0.2, 0.25) is 0 Å². The number of aliphatic hydroxyl groups excluding tert-OH is 2. The highest BCUT2D eigenvalue weighted by molar-refractivity contribution is 5.20. The van der Waals surface area contributed by atoms with Crippen molar-refractivity contribution >= 4 is 0 Å². The minimum absolute atomic E-state index is 0.119. The van der Waals surface area contributed by atoms with E-state index in [4.69, 9.17) is 0 Å². The lowest BCUT2D eigenvalue weighted by molar-refractivity contribution is -0.109. The molecule has 0 aromatic carbocycles. The monoisotopic (exact) mass is 404 g/mol. The molecular weight excluding hydrogens is 360 g/mol. The quantitative estimate of drug-likeness (QED) is 0.560. The van der Waals surface area contributed by atoms with Crippen molar-refractivity contribution < 1.29 is 15.3 Å². The molecule has 0 radical (unpaired) electrons. The number of rotatable bonds is 5. The van der Waals surface area contributed by atoms with Gasteiger partial charge in [-0.05, 0) is 106 Å². The topological polar surface area (TPSA) is 60.7 Å². The normalized spacial score (nSPS) is 45.0. The Morgan fingerprint density at radius 1 is 1.14 bits per heavy atom. The van der Waals surface area contributed by atoms with Gasteiger partial charge in [0, 0.05) is 6.42 Å². The molecule has 0 spiro atoms. The van der Waals surface area contributed by atoms with Crippen molar-refractivity contribution in [3.8, 4) is 0 Å². The minimum atomic E-state index is -0.782. The fourth-order valence-corrected chi connectivity index (χ4v) is 8.52. The molecule has 0 heterocycles. The Kier molecular flexibility index (Phi) is 5.99. The second kappa shape index (κ2) is 7.95.